The van der Waals surface area contributed by atoms with Crippen LogP contribution in [0.4, 0.5) is 0 Å². The molecule has 1 aliphatic rings. The third kappa shape index (κ3) is 3.11. The van der Waals surface area contributed by atoms with Crippen LogP contribution in [0.5, 0.6) is 0 Å². The SMILES string of the molecule is CC(C)(C)C1CCC(C(=O)O)C(c2cnccn2)C1. The first-order valence-corrected chi connectivity index (χ1v) is 6.88. The van der Waals surface area contributed by atoms with E-state index in [-0.39, 0.29) is 17.3 Å². The minimum absolute atomic E-state index is 0.0100. The van der Waals surface area contributed by atoms with Crippen LogP contribution in [0, 0.1) is 17.3 Å². The fourth-order valence-corrected chi connectivity index (χ4v) is 3.08. The first kappa shape index (κ1) is 14.0. The molecule has 4 heteroatoms. The summed E-state index contributed by atoms with van der Waals surface area (Å²) in [5.41, 5.74) is 1.04. The highest BCUT2D eigenvalue weighted by Gasteiger charge is 2.40. The van der Waals surface area contributed by atoms with E-state index in [4.69, 9.17) is 0 Å². The zero-order valence-electron chi connectivity index (χ0n) is 11.8. The standard InChI is InChI=1S/C15H22N2O2/c1-15(2,3)10-4-5-11(14(18)19)12(8-10)13-9-16-6-7-17-13/h6-7,9-12H,4-5,8H2,1-3H3,(H,18,19). The first-order chi connectivity index (χ1) is 8.89. The Morgan fingerprint density at radius 3 is 2.58 bits per heavy atom. The van der Waals surface area contributed by atoms with E-state index in [2.05, 4.69) is 30.7 Å². The molecule has 0 bridgehead atoms. The van der Waals surface area contributed by atoms with Crippen molar-refractivity contribution in [2.45, 2.75) is 46.0 Å². The van der Waals surface area contributed by atoms with E-state index in [9.17, 15) is 9.90 Å². The van der Waals surface area contributed by atoms with Crippen molar-refractivity contribution < 1.29 is 9.90 Å². The molecule has 0 aromatic carbocycles. The molecule has 2 rings (SSSR count). The number of aromatic nitrogens is 2. The molecule has 3 unspecified atom stereocenters. The van der Waals surface area contributed by atoms with Crippen LogP contribution in [0.3, 0.4) is 0 Å². The molecular formula is C15H22N2O2. The second-order valence-corrected chi connectivity index (χ2v) is 6.56. The van der Waals surface area contributed by atoms with Gasteiger partial charge in [-0.25, -0.2) is 0 Å². The summed E-state index contributed by atoms with van der Waals surface area (Å²) in [7, 11) is 0. The van der Waals surface area contributed by atoms with E-state index in [1.54, 1.807) is 18.6 Å². The molecular weight excluding hydrogens is 240 g/mol. The Morgan fingerprint density at radius 1 is 1.32 bits per heavy atom. The predicted molar refractivity (Wildman–Crippen MR) is 72.7 cm³/mol. The fraction of sp³-hybridized carbons (Fsp3) is 0.667. The zero-order chi connectivity index (χ0) is 14.0. The van der Waals surface area contributed by atoms with Gasteiger partial charge in [0.2, 0.25) is 0 Å². The maximum atomic E-state index is 11.4. The molecule has 1 aromatic heterocycles. The van der Waals surface area contributed by atoms with Gasteiger partial charge in [-0.15, -0.1) is 0 Å². The van der Waals surface area contributed by atoms with Gasteiger partial charge in [0.1, 0.15) is 0 Å². The van der Waals surface area contributed by atoms with Crippen molar-refractivity contribution in [3.05, 3.63) is 24.3 Å². The van der Waals surface area contributed by atoms with Crippen molar-refractivity contribution in [2.75, 3.05) is 0 Å². The Bertz CT molecular complexity index is 439. The van der Waals surface area contributed by atoms with Crippen LogP contribution >= 0.6 is 0 Å². The molecule has 1 aromatic rings. The minimum atomic E-state index is -0.706. The van der Waals surface area contributed by atoms with Gasteiger partial charge in [-0.1, -0.05) is 20.8 Å². The summed E-state index contributed by atoms with van der Waals surface area (Å²) >= 11 is 0. The average Bonchev–Trinajstić information content (AvgIpc) is 2.38. The maximum absolute atomic E-state index is 11.4. The molecule has 1 N–H and O–H groups in total. The van der Waals surface area contributed by atoms with Crippen LogP contribution in [0.1, 0.15) is 51.6 Å². The Hall–Kier alpha value is -1.45. The zero-order valence-corrected chi connectivity index (χ0v) is 11.8. The Labute approximate surface area is 114 Å². The molecule has 0 saturated heterocycles. The smallest absolute Gasteiger partial charge is 0.307 e. The van der Waals surface area contributed by atoms with Gasteiger partial charge in [0.05, 0.1) is 11.6 Å². The van der Waals surface area contributed by atoms with E-state index in [1.807, 2.05) is 0 Å². The van der Waals surface area contributed by atoms with Crippen LogP contribution in [-0.4, -0.2) is 21.0 Å². The number of hydrogen-bond acceptors (Lipinski definition) is 3. The van der Waals surface area contributed by atoms with Crippen molar-refractivity contribution in [1.29, 1.82) is 0 Å². The molecule has 0 amide bonds. The van der Waals surface area contributed by atoms with E-state index in [0.29, 0.717) is 5.92 Å². The second-order valence-electron chi connectivity index (χ2n) is 6.56. The molecule has 4 nitrogen and oxygen atoms in total. The average molecular weight is 262 g/mol. The van der Waals surface area contributed by atoms with Gasteiger partial charge < -0.3 is 5.11 Å². The van der Waals surface area contributed by atoms with Crippen LogP contribution in [0.15, 0.2) is 18.6 Å². The second kappa shape index (κ2) is 5.27. The van der Waals surface area contributed by atoms with E-state index < -0.39 is 5.97 Å². The summed E-state index contributed by atoms with van der Waals surface area (Å²) in [5, 5.41) is 9.41. The molecule has 3 atom stereocenters. The lowest BCUT2D eigenvalue weighted by Gasteiger charge is -2.40. The van der Waals surface area contributed by atoms with E-state index in [0.717, 1.165) is 25.0 Å². The van der Waals surface area contributed by atoms with Crippen molar-refractivity contribution in [3.8, 4) is 0 Å². The Balaban J connectivity index is 2.26. The summed E-state index contributed by atoms with van der Waals surface area (Å²) in [4.78, 5) is 19.9. The minimum Gasteiger partial charge on any atom is -0.481 e. The normalized spacial score (nSPS) is 28.1. The fourth-order valence-electron chi connectivity index (χ4n) is 3.08. The van der Waals surface area contributed by atoms with Crippen molar-refractivity contribution >= 4 is 5.97 Å². The molecule has 1 heterocycles. The van der Waals surface area contributed by atoms with Gasteiger partial charge >= 0.3 is 5.97 Å². The largest absolute Gasteiger partial charge is 0.481 e. The molecule has 0 spiro atoms. The quantitative estimate of drug-likeness (QED) is 0.889. The van der Waals surface area contributed by atoms with E-state index >= 15 is 0 Å². The summed E-state index contributed by atoms with van der Waals surface area (Å²) in [6, 6.07) is 0. The van der Waals surface area contributed by atoms with Gasteiger partial charge in [-0.2, -0.15) is 0 Å². The number of rotatable bonds is 2. The molecule has 104 valence electrons. The third-order valence-electron chi connectivity index (χ3n) is 4.36. The molecule has 0 radical (unpaired) electrons. The predicted octanol–water partition coefficient (Wildman–Crippen LogP) is 3.11. The van der Waals surface area contributed by atoms with Gasteiger partial charge in [0.15, 0.2) is 0 Å². The third-order valence-corrected chi connectivity index (χ3v) is 4.36. The lowest BCUT2D eigenvalue weighted by Crippen LogP contribution is -2.34. The highest BCUT2D eigenvalue weighted by atomic mass is 16.4. The number of carboxylic acids is 1. The lowest BCUT2D eigenvalue weighted by atomic mass is 9.65. The molecule has 1 aliphatic carbocycles. The van der Waals surface area contributed by atoms with E-state index in [1.165, 1.54) is 0 Å². The summed E-state index contributed by atoms with van der Waals surface area (Å²) in [6.07, 6.45) is 7.60. The van der Waals surface area contributed by atoms with Crippen LogP contribution in [0.2, 0.25) is 0 Å². The van der Waals surface area contributed by atoms with Gasteiger partial charge in [-0.3, -0.25) is 14.8 Å². The van der Waals surface area contributed by atoms with Crippen LogP contribution < -0.4 is 0 Å². The number of nitrogens with zero attached hydrogens (tertiary/aromatic N) is 2. The summed E-state index contributed by atoms with van der Waals surface area (Å²) < 4.78 is 0. The summed E-state index contributed by atoms with van der Waals surface area (Å²) in [5.74, 6) is -0.502. The molecule has 0 aliphatic heterocycles. The number of carbonyl (C=O) groups is 1. The van der Waals surface area contributed by atoms with Crippen LogP contribution in [0.25, 0.3) is 0 Å². The van der Waals surface area contributed by atoms with Crippen molar-refractivity contribution in [2.24, 2.45) is 17.3 Å². The molecule has 1 saturated carbocycles. The number of carboxylic acid groups (broad SMARTS) is 1. The number of hydrogen-bond donors (Lipinski definition) is 1. The van der Waals surface area contributed by atoms with Crippen molar-refractivity contribution in [3.63, 3.8) is 0 Å². The topological polar surface area (TPSA) is 63.1 Å². The maximum Gasteiger partial charge on any atom is 0.307 e. The van der Waals surface area contributed by atoms with Gasteiger partial charge in [0.25, 0.3) is 0 Å². The number of aliphatic carboxylic acids is 1. The molecule has 19 heavy (non-hydrogen) atoms. The van der Waals surface area contributed by atoms with Gasteiger partial charge in [0, 0.05) is 24.5 Å². The Kier molecular flexibility index (Phi) is 3.88. The first-order valence-electron chi connectivity index (χ1n) is 6.88. The molecule has 1 fully saturated rings. The summed E-state index contributed by atoms with van der Waals surface area (Å²) in [6.45, 7) is 6.69. The lowest BCUT2D eigenvalue weighted by molar-refractivity contribution is -0.144. The monoisotopic (exact) mass is 262 g/mol. The van der Waals surface area contributed by atoms with Crippen molar-refractivity contribution in [1.82, 2.24) is 9.97 Å². The highest BCUT2D eigenvalue weighted by molar-refractivity contribution is 5.71. The Morgan fingerprint density at radius 2 is 2.05 bits per heavy atom. The van der Waals surface area contributed by atoms with Crippen LogP contribution in [-0.2, 0) is 4.79 Å². The van der Waals surface area contributed by atoms with Gasteiger partial charge in [-0.05, 0) is 30.6 Å². The highest BCUT2D eigenvalue weighted by Crippen LogP contribution is 2.46.